The van der Waals surface area contributed by atoms with Crippen LogP contribution in [0.15, 0.2) is 24.3 Å². The second kappa shape index (κ2) is 6.12. The van der Waals surface area contributed by atoms with Gasteiger partial charge < -0.3 is 5.32 Å². The summed E-state index contributed by atoms with van der Waals surface area (Å²) in [6.07, 6.45) is 1.00. The number of hydrogen-bond donors (Lipinski definition) is 1. The standard InChI is InChI=1S/C15H20N2S/c1-4-13-14(10-16-5-2)18-15(17-13)12-9-7-6-8-11(12)3/h6-9,16H,4-5,10H2,1-3H3. The SMILES string of the molecule is CCNCc1sc(-c2ccccc2C)nc1CC. The molecule has 1 aromatic heterocycles. The van der Waals surface area contributed by atoms with Gasteiger partial charge in [0, 0.05) is 17.0 Å². The molecular formula is C15H20N2S. The lowest BCUT2D eigenvalue weighted by atomic mass is 10.1. The summed E-state index contributed by atoms with van der Waals surface area (Å²) >= 11 is 1.82. The fourth-order valence-corrected chi connectivity index (χ4v) is 3.17. The summed E-state index contributed by atoms with van der Waals surface area (Å²) in [7, 11) is 0. The van der Waals surface area contributed by atoms with Crippen molar-refractivity contribution >= 4 is 11.3 Å². The summed E-state index contributed by atoms with van der Waals surface area (Å²) in [5.74, 6) is 0. The molecule has 1 heterocycles. The molecule has 0 spiro atoms. The Hall–Kier alpha value is -1.19. The van der Waals surface area contributed by atoms with Crippen LogP contribution in [0, 0.1) is 6.92 Å². The lowest BCUT2D eigenvalue weighted by Gasteiger charge is -2.00. The maximum Gasteiger partial charge on any atom is 0.124 e. The van der Waals surface area contributed by atoms with Crippen LogP contribution in [0.5, 0.6) is 0 Å². The number of aromatic nitrogens is 1. The van der Waals surface area contributed by atoms with Crippen molar-refractivity contribution in [3.63, 3.8) is 0 Å². The summed E-state index contributed by atoms with van der Waals surface area (Å²) in [5, 5.41) is 4.54. The molecule has 0 fully saturated rings. The van der Waals surface area contributed by atoms with E-state index in [1.807, 2.05) is 11.3 Å². The Morgan fingerprint density at radius 1 is 1.22 bits per heavy atom. The number of nitrogens with one attached hydrogen (secondary N) is 1. The molecule has 2 rings (SSSR count). The smallest absolute Gasteiger partial charge is 0.124 e. The van der Waals surface area contributed by atoms with Crippen LogP contribution in [0.4, 0.5) is 0 Å². The molecule has 0 aliphatic heterocycles. The van der Waals surface area contributed by atoms with Crippen LogP contribution in [0.2, 0.25) is 0 Å². The van der Waals surface area contributed by atoms with Crippen molar-refractivity contribution in [3.05, 3.63) is 40.4 Å². The monoisotopic (exact) mass is 260 g/mol. The highest BCUT2D eigenvalue weighted by atomic mass is 32.1. The van der Waals surface area contributed by atoms with E-state index in [0.29, 0.717) is 0 Å². The van der Waals surface area contributed by atoms with Crippen LogP contribution in [-0.4, -0.2) is 11.5 Å². The molecule has 96 valence electrons. The Kier molecular flexibility index (Phi) is 4.50. The van der Waals surface area contributed by atoms with Gasteiger partial charge in [0.25, 0.3) is 0 Å². The molecule has 0 unspecified atom stereocenters. The Bertz CT molecular complexity index is 517. The topological polar surface area (TPSA) is 24.9 Å². The molecule has 2 aromatic rings. The number of benzene rings is 1. The Morgan fingerprint density at radius 3 is 2.67 bits per heavy atom. The molecule has 0 bridgehead atoms. The van der Waals surface area contributed by atoms with Crippen molar-refractivity contribution in [2.45, 2.75) is 33.7 Å². The first-order valence-electron chi connectivity index (χ1n) is 6.51. The maximum absolute atomic E-state index is 4.79. The number of hydrogen-bond acceptors (Lipinski definition) is 3. The van der Waals surface area contributed by atoms with Gasteiger partial charge in [0.15, 0.2) is 0 Å². The van der Waals surface area contributed by atoms with Gasteiger partial charge in [-0.15, -0.1) is 11.3 Å². The van der Waals surface area contributed by atoms with Gasteiger partial charge in [-0.25, -0.2) is 4.98 Å². The van der Waals surface area contributed by atoms with E-state index in [0.717, 1.165) is 24.5 Å². The van der Waals surface area contributed by atoms with Crippen LogP contribution in [0.25, 0.3) is 10.6 Å². The number of rotatable bonds is 5. The molecule has 0 amide bonds. The van der Waals surface area contributed by atoms with Gasteiger partial charge in [0.1, 0.15) is 5.01 Å². The lowest BCUT2D eigenvalue weighted by Crippen LogP contribution is -2.11. The zero-order chi connectivity index (χ0) is 13.0. The van der Waals surface area contributed by atoms with E-state index in [-0.39, 0.29) is 0 Å². The van der Waals surface area contributed by atoms with Gasteiger partial charge >= 0.3 is 0 Å². The summed E-state index contributed by atoms with van der Waals surface area (Å²) in [6, 6.07) is 8.46. The van der Waals surface area contributed by atoms with Crippen LogP contribution in [-0.2, 0) is 13.0 Å². The van der Waals surface area contributed by atoms with Gasteiger partial charge in [0.2, 0.25) is 0 Å². The molecule has 0 radical (unpaired) electrons. The Morgan fingerprint density at radius 2 is 2.00 bits per heavy atom. The largest absolute Gasteiger partial charge is 0.312 e. The van der Waals surface area contributed by atoms with Crippen LogP contribution < -0.4 is 5.32 Å². The molecule has 0 aliphatic rings. The van der Waals surface area contributed by atoms with Crippen LogP contribution in [0.3, 0.4) is 0 Å². The third-order valence-electron chi connectivity index (χ3n) is 3.02. The van der Waals surface area contributed by atoms with E-state index < -0.39 is 0 Å². The van der Waals surface area contributed by atoms with E-state index in [1.165, 1.54) is 21.7 Å². The number of aryl methyl sites for hydroxylation is 2. The van der Waals surface area contributed by atoms with Gasteiger partial charge in [-0.3, -0.25) is 0 Å². The first kappa shape index (κ1) is 13.2. The summed E-state index contributed by atoms with van der Waals surface area (Å²) in [6.45, 7) is 8.39. The average Bonchev–Trinajstić information content (AvgIpc) is 2.80. The van der Waals surface area contributed by atoms with Crippen molar-refractivity contribution in [2.75, 3.05) is 6.54 Å². The van der Waals surface area contributed by atoms with E-state index in [1.54, 1.807) is 0 Å². The van der Waals surface area contributed by atoms with Gasteiger partial charge in [-0.2, -0.15) is 0 Å². The second-order valence-electron chi connectivity index (χ2n) is 4.34. The zero-order valence-corrected chi connectivity index (χ0v) is 12.1. The normalized spacial score (nSPS) is 10.8. The number of thiazole rings is 1. The Balaban J connectivity index is 2.35. The molecule has 18 heavy (non-hydrogen) atoms. The maximum atomic E-state index is 4.79. The minimum absolute atomic E-state index is 0.934. The van der Waals surface area contributed by atoms with E-state index in [2.05, 4.69) is 50.4 Å². The zero-order valence-electron chi connectivity index (χ0n) is 11.3. The molecule has 0 atom stereocenters. The molecule has 0 aliphatic carbocycles. The first-order valence-corrected chi connectivity index (χ1v) is 7.33. The molecule has 0 saturated heterocycles. The van der Waals surface area contributed by atoms with Crippen LogP contribution >= 0.6 is 11.3 Å². The van der Waals surface area contributed by atoms with Crippen molar-refractivity contribution < 1.29 is 0 Å². The minimum atomic E-state index is 0.934. The minimum Gasteiger partial charge on any atom is -0.312 e. The highest BCUT2D eigenvalue weighted by molar-refractivity contribution is 7.15. The second-order valence-corrected chi connectivity index (χ2v) is 5.42. The molecule has 1 N–H and O–H groups in total. The molecule has 0 saturated carbocycles. The van der Waals surface area contributed by atoms with Gasteiger partial charge in [-0.05, 0) is 25.5 Å². The quantitative estimate of drug-likeness (QED) is 0.884. The Labute approximate surface area is 113 Å². The van der Waals surface area contributed by atoms with Crippen molar-refractivity contribution in [1.29, 1.82) is 0 Å². The van der Waals surface area contributed by atoms with E-state index in [4.69, 9.17) is 4.98 Å². The fourth-order valence-electron chi connectivity index (χ4n) is 1.96. The van der Waals surface area contributed by atoms with Crippen LogP contribution in [0.1, 0.15) is 30.0 Å². The molecule has 2 nitrogen and oxygen atoms in total. The third-order valence-corrected chi connectivity index (χ3v) is 4.16. The van der Waals surface area contributed by atoms with Crippen molar-refractivity contribution in [3.8, 4) is 10.6 Å². The molecular weight excluding hydrogens is 240 g/mol. The highest BCUT2D eigenvalue weighted by Crippen LogP contribution is 2.30. The molecule has 3 heteroatoms. The van der Waals surface area contributed by atoms with Crippen molar-refractivity contribution in [1.82, 2.24) is 10.3 Å². The van der Waals surface area contributed by atoms with Gasteiger partial charge in [0.05, 0.1) is 5.69 Å². The summed E-state index contributed by atoms with van der Waals surface area (Å²) < 4.78 is 0. The summed E-state index contributed by atoms with van der Waals surface area (Å²) in [5.41, 5.74) is 3.79. The van der Waals surface area contributed by atoms with E-state index in [9.17, 15) is 0 Å². The predicted molar refractivity (Wildman–Crippen MR) is 79.0 cm³/mol. The highest BCUT2D eigenvalue weighted by Gasteiger charge is 2.11. The number of nitrogens with zero attached hydrogens (tertiary/aromatic N) is 1. The fraction of sp³-hybridized carbons (Fsp3) is 0.400. The first-order chi connectivity index (χ1) is 8.76. The predicted octanol–water partition coefficient (Wildman–Crippen LogP) is 3.79. The molecule has 1 aromatic carbocycles. The van der Waals surface area contributed by atoms with Gasteiger partial charge in [-0.1, -0.05) is 38.1 Å². The summed E-state index contributed by atoms with van der Waals surface area (Å²) in [4.78, 5) is 6.16. The van der Waals surface area contributed by atoms with E-state index >= 15 is 0 Å². The average molecular weight is 260 g/mol. The third kappa shape index (κ3) is 2.79. The lowest BCUT2D eigenvalue weighted by molar-refractivity contribution is 0.727. The van der Waals surface area contributed by atoms with Crippen molar-refractivity contribution in [2.24, 2.45) is 0 Å².